The zero-order chi connectivity index (χ0) is 20.4. The molecule has 0 aromatic heterocycles. The van der Waals surface area contributed by atoms with Crippen LogP contribution < -0.4 is 5.32 Å². The Morgan fingerprint density at radius 3 is 2.69 bits per heavy atom. The van der Waals surface area contributed by atoms with Gasteiger partial charge in [-0.2, -0.15) is 4.31 Å². The smallest absolute Gasteiger partial charge is 0.251 e. The van der Waals surface area contributed by atoms with Crippen molar-refractivity contribution in [1.82, 2.24) is 9.62 Å². The normalized spacial score (nSPS) is 20.1. The number of hydrogen-bond acceptors (Lipinski definition) is 4. The number of sulfonamides is 1. The summed E-state index contributed by atoms with van der Waals surface area (Å²) in [4.78, 5) is 13.1. The summed E-state index contributed by atoms with van der Waals surface area (Å²) in [5, 5.41) is 3.10. The molecule has 1 fully saturated rings. The Hall–Kier alpha value is -2.22. The van der Waals surface area contributed by atoms with Crippen LogP contribution in [0.5, 0.6) is 0 Å². The van der Waals surface area contributed by atoms with Crippen molar-refractivity contribution in [3.8, 4) is 0 Å². The summed E-state index contributed by atoms with van der Waals surface area (Å²) < 4.78 is 32.8. The van der Waals surface area contributed by atoms with Crippen molar-refractivity contribution in [2.45, 2.75) is 37.1 Å². The van der Waals surface area contributed by atoms with E-state index in [2.05, 4.69) is 17.4 Å². The maximum Gasteiger partial charge on any atom is 0.251 e. The Morgan fingerprint density at radius 2 is 1.90 bits per heavy atom. The molecule has 0 spiro atoms. The van der Waals surface area contributed by atoms with E-state index in [0.29, 0.717) is 37.4 Å². The van der Waals surface area contributed by atoms with Gasteiger partial charge < -0.3 is 10.1 Å². The van der Waals surface area contributed by atoms with Crippen LogP contribution in [0, 0.1) is 6.92 Å². The maximum absolute atomic E-state index is 13.1. The van der Waals surface area contributed by atoms with E-state index in [1.54, 1.807) is 19.1 Å². The maximum atomic E-state index is 13.1. The van der Waals surface area contributed by atoms with Crippen LogP contribution in [-0.4, -0.2) is 44.9 Å². The lowest BCUT2D eigenvalue weighted by Gasteiger charge is -2.27. The Kier molecular flexibility index (Phi) is 5.72. The number of carbonyl (C=O) groups is 1. The lowest BCUT2D eigenvalue weighted by Crippen LogP contribution is -2.41. The third-order valence-corrected chi connectivity index (χ3v) is 7.75. The molecule has 2 aromatic rings. The predicted molar refractivity (Wildman–Crippen MR) is 110 cm³/mol. The highest BCUT2D eigenvalue weighted by molar-refractivity contribution is 7.89. The molecule has 1 N–H and O–H groups in total. The van der Waals surface area contributed by atoms with Crippen molar-refractivity contribution in [3.63, 3.8) is 0 Å². The van der Waals surface area contributed by atoms with Crippen molar-refractivity contribution < 1.29 is 17.9 Å². The van der Waals surface area contributed by atoms with Crippen molar-refractivity contribution in [2.75, 3.05) is 26.3 Å². The van der Waals surface area contributed by atoms with Gasteiger partial charge in [-0.1, -0.05) is 30.3 Å². The van der Waals surface area contributed by atoms with E-state index >= 15 is 0 Å². The highest BCUT2D eigenvalue weighted by Gasteiger charge is 2.29. The van der Waals surface area contributed by atoms with E-state index in [0.717, 1.165) is 24.8 Å². The summed E-state index contributed by atoms with van der Waals surface area (Å²) in [6, 6.07) is 13.0. The molecular formula is C22H26N2O4S. The fraction of sp³-hybridized carbons (Fsp3) is 0.409. The second-order valence-electron chi connectivity index (χ2n) is 7.61. The van der Waals surface area contributed by atoms with Crippen molar-refractivity contribution >= 4 is 15.9 Å². The Balaban J connectivity index is 1.58. The fourth-order valence-corrected chi connectivity index (χ4v) is 5.75. The molecule has 1 heterocycles. The summed E-state index contributed by atoms with van der Waals surface area (Å²) in [5.74, 6) is -0.245. The first kappa shape index (κ1) is 20.1. The van der Waals surface area contributed by atoms with Crippen LogP contribution in [0.4, 0.5) is 0 Å². The van der Waals surface area contributed by atoms with Gasteiger partial charge >= 0.3 is 0 Å². The minimum atomic E-state index is -3.66. The van der Waals surface area contributed by atoms with Gasteiger partial charge in [0.05, 0.1) is 24.2 Å². The summed E-state index contributed by atoms with van der Waals surface area (Å²) in [6.07, 6.45) is 2.93. The Labute approximate surface area is 171 Å². The molecule has 0 bridgehead atoms. The highest BCUT2D eigenvalue weighted by Crippen LogP contribution is 2.30. The molecule has 2 aromatic carbocycles. The van der Waals surface area contributed by atoms with Crippen LogP contribution in [0.2, 0.25) is 0 Å². The van der Waals surface area contributed by atoms with Gasteiger partial charge in [0, 0.05) is 18.7 Å². The molecule has 29 heavy (non-hydrogen) atoms. The molecule has 0 radical (unpaired) electrons. The average molecular weight is 415 g/mol. The standard InChI is InChI=1S/C22H26N2O4S/c1-16-9-10-18(15-21(16)29(26,27)24-11-13-28-14-12-24)22(25)23-20-8-4-6-17-5-2-3-7-19(17)20/h2-3,5,7,9-10,15,20H,4,6,8,11-14H2,1H3,(H,23,25). The zero-order valence-corrected chi connectivity index (χ0v) is 17.4. The lowest BCUT2D eigenvalue weighted by atomic mass is 9.87. The van der Waals surface area contributed by atoms with Crippen molar-refractivity contribution in [1.29, 1.82) is 0 Å². The lowest BCUT2D eigenvalue weighted by molar-refractivity contribution is 0.0730. The molecule has 7 heteroatoms. The summed E-state index contributed by atoms with van der Waals surface area (Å²) in [6.45, 7) is 3.19. The highest BCUT2D eigenvalue weighted by atomic mass is 32.2. The molecule has 1 aliphatic heterocycles. The molecule has 154 valence electrons. The van der Waals surface area contributed by atoms with E-state index in [1.807, 2.05) is 12.1 Å². The molecule has 2 aliphatic rings. The summed E-state index contributed by atoms with van der Waals surface area (Å²) in [5.41, 5.74) is 3.42. The number of carbonyl (C=O) groups excluding carboxylic acids is 1. The minimum absolute atomic E-state index is 0.0481. The molecule has 0 saturated carbocycles. The minimum Gasteiger partial charge on any atom is -0.379 e. The Bertz CT molecular complexity index is 1010. The first-order valence-corrected chi connectivity index (χ1v) is 11.5. The molecule has 1 amide bonds. The third-order valence-electron chi connectivity index (χ3n) is 5.71. The van der Waals surface area contributed by atoms with Crippen molar-refractivity contribution in [2.24, 2.45) is 0 Å². The fourth-order valence-electron chi connectivity index (χ4n) is 4.09. The van der Waals surface area contributed by atoms with Gasteiger partial charge in [-0.05, 0) is 55.0 Å². The molecule has 6 nitrogen and oxygen atoms in total. The van der Waals surface area contributed by atoms with Crippen LogP contribution >= 0.6 is 0 Å². The molecule has 1 unspecified atom stereocenters. The van der Waals surface area contributed by atoms with E-state index in [-0.39, 0.29) is 16.8 Å². The van der Waals surface area contributed by atoms with E-state index in [9.17, 15) is 13.2 Å². The van der Waals surface area contributed by atoms with Crippen LogP contribution in [0.25, 0.3) is 0 Å². The van der Waals surface area contributed by atoms with E-state index < -0.39 is 10.0 Å². The van der Waals surface area contributed by atoms with Crippen LogP contribution in [0.3, 0.4) is 0 Å². The van der Waals surface area contributed by atoms with Crippen molar-refractivity contribution in [3.05, 3.63) is 64.7 Å². The number of rotatable bonds is 4. The van der Waals surface area contributed by atoms with Crippen LogP contribution in [0.1, 0.15) is 45.9 Å². The quantitative estimate of drug-likeness (QED) is 0.835. The summed E-state index contributed by atoms with van der Waals surface area (Å²) in [7, 11) is -3.66. The topological polar surface area (TPSA) is 75.7 Å². The van der Waals surface area contributed by atoms with Gasteiger partial charge in [0.25, 0.3) is 5.91 Å². The number of nitrogens with zero attached hydrogens (tertiary/aromatic N) is 1. The SMILES string of the molecule is Cc1ccc(C(=O)NC2CCCc3ccccc32)cc1S(=O)(=O)N1CCOCC1. The number of ether oxygens (including phenoxy) is 1. The summed E-state index contributed by atoms with van der Waals surface area (Å²) >= 11 is 0. The number of benzene rings is 2. The van der Waals surface area contributed by atoms with Gasteiger partial charge in [-0.15, -0.1) is 0 Å². The van der Waals surface area contributed by atoms with Gasteiger partial charge in [0.1, 0.15) is 0 Å². The van der Waals surface area contributed by atoms with Gasteiger partial charge in [0.2, 0.25) is 10.0 Å². The van der Waals surface area contributed by atoms with E-state index in [1.165, 1.54) is 15.9 Å². The monoisotopic (exact) mass is 414 g/mol. The van der Waals surface area contributed by atoms with Gasteiger partial charge in [-0.3, -0.25) is 4.79 Å². The predicted octanol–water partition coefficient (Wildman–Crippen LogP) is 2.82. The second-order valence-corrected chi connectivity index (χ2v) is 9.52. The third kappa shape index (κ3) is 4.08. The number of aryl methyl sites for hydroxylation is 2. The molecule has 1 atom stereocenters. The van der Waals surface area contributed by atoms with Gasteiger partial charge in [-0.25, -0.2) is 8.42 Å². The van der Waals surface area contributed by atoms with Crippen LogP contribution in [-0.2, 0) is 21.2 Å². The largest absolute Gasteiger partial charge is 0.379 e. The van der Waals surface area contributed by atoms with E-state index in [4.69, 9.17) is 4.74 Å². The number of fused-ring (bicyclic) bond motifs is 1. The van der Waals surface area contributed by atoms with Gasteiger partial charge in [0.15, 0.2) is 0 Å². The zero-order valence-electron chi connectivity index (χ0n) is 16.6. The molecule has 4 rings (SSSR count). The average Bonchev–Trinajstić information content (AvgIpc) is 2.75. The number of nitrogens with one attached hydrogen (secondary N) is 1. The Morgan fingerprint density at radius 1 is 1.14 bits per heavy atom. The number of morpholine rings is 1. The number of amides is 1. The molecule has 1 saturated heterocycles. The first-order chi connectivity index (χ1) is 14.0. The molecular weight excluding hydrogens is 388 g/mol. The molecule has 1 aliphatic carbocycles. The van der Waals surface area contributed by atoms with Crippen LogP contribution in [0.15, 0.2) is 47.4 Å². The second kappa shape index (κ2) is 8.26. The first-order valence-electron chi connectivity index (χ1n) is 10.0. The number of hydrogen-bond donors (Lipinski definition) is 1.